The quantitative estimate of drug-likeness (QED) is 0.537. The Labute approximate surface area is 107 Å². The summed E-state index contributed by atoms with van der Waals surface area (Å²) in [5, 5.41) is 4.79. The van der Waals surface area contributed by atoms with Crippen LogP contribution in [0.15, 0.2) is 6.20 Å². The Morgan fingerprint density at radius 2 is 2.33 bits per heavy atom. The predicted octanol–water partition coefficient (Wildman–Crippen LogP) is 0.110. The number of rotatable bonds is 4. The molecule has 2 aromatic heterocycles. The monoisotopic (exact) mass is 269 g/mol. The summed E-state index contributed by atoms with van der Waals surface area (Å²) in [7, 11) is 0. The number of aromatic nitrogens is 4. The summed E-state index contributed by atoms with van der Waals surface area (Å²) in [5.41, 5.74) is 11.3. The highest BCUT2D eigenvalue weighted by atomic mass is 35.5. The number of nitrogen functional groups attached to an aromatic ring is 1. The smallest absolute Gasteiger partial charge is 0.235 e. The van der Waals surface area contributed by atoms with Crippen LogP contribution in [0.1, 0.15) is 6.92 Å². The lowest BCUT2D eigenvalue weighted by Crippen LogP contribution is -2.27. The Balaban J connectivity index is 2.43. The minimum atomic E-state index is -0.242. The predicted molar refractivity (Wildman–Crippen MR) is 67.9 cm³/mol. The van der Waals surface area contributed by atoms with Gasteiger partial charge in [-0.1, -0.05) is 0 Å². The number of alkyl halides is 1. The fourth-order valence-corrected chi connectivity index (χ4v) is 1.62. The molecule has 8 nitrogen and oxygen atoms in total. The minimum absolute atomic E-state index is 0.0895. The van der Waals surface area contributed by atoms with Gasteiger partial charge in [-0.3, -0.25) is 15.6 Å². The maximum atomic E-state index is 10.9. The molecule has 0 bridgehead atoms. The van der Waals surface area contributed by atoms with E-state index in [-0.39, 0.29) is 11.9 Å². The van der Waals surface area contributed by atoms with Crippen LogP contribution >= 0.6 is 11.6 Å². The number of aryl methyl sites for hydroxylation is 1. The van der Waals surface area contributed by atoms with Gasteiger partial charge in [0.05, 0.1) is 18.1 Å². The van der Waals surface area contributed by atoms with Gasteiger partial charge in [0.15, 0.2) is 11.5 Å². The lowest BCUT2D eigenvalue weighted by atomic mass is 10.4. The van der Waals surface area contributed by atoms with Gasteiger partial charge in [0.2, 0.25) is 11.9 Å². The molecule has 1 amide bonds. The normalized spacial score (nSPS) is 10.6. The Bertz CT molecular complexity index is 582. The summed E-state index contributed by atoms with van der Waals surface area (Å²) in [4.78, 5) is 19.0. The zero-order valence-electron chi connectivity index (χ0n) is 9.64. The average molecular weight is 270 g/mol. The van der Waals surface area contributed by atoms with Gasteiger partial charge in [-0.2, -0.15) is 15.1 Å². The van der Waals surface area contributed by atoms with E-state index in [1.165, 1.54) is 6.92 Å². The molecule has 0 aliphatic carbocycles. The molecule has 4 N–H and O–H groups in total. The first-order valence-electron chi connectivity index (χ1n) is 5.19. The first-order chi connectivity index (χ1) is 8.61. The number of anilines is 2. The second-order valence-electron chi connectivity index (χ2n) is 3.53. The van der Waals surface area contributed by atoms with Crippen LogP contribution in [0.4, 0.5) is 11.8 Å². The van der Waals surface area contributed by atoms with Gasteiger partial charge in [0.1, 0.15) is 0 Å². The van der Waals surface area contributed by atoms with Crippen molar-refractivity contribution in [2.75, 3.05) is 17.0 Å². The fourth-order valence-electron chi connectivity index (χ4n) is 1.46. The van der Waals surface area contributed by atoms with Crippen molar-refractivity contribution in [2.24, 2.45) is 0 Å². The second kappa shape index (κ2) is 5.05. The van der Waals surface area contributed by atoms with Crippen molar-refractivity contribution in [2.45, 2.75) is 13.5 Å². The molecule has 2 heterocycles. The molecule has 18 heavy (non-hydrogen) atoms. The highest BCUT2D eigenvalue weighted by Crippen LogP contribution is 2.20. The molecule has 0 aliphatic heterocycles. The van der Waals surface area contributed by atoms with Gasteiger partial charge in [0.25, 0.3) is 0 Å². The lowest BCUT2D eigenvalue weighted by Gasteiger charge is -2.07. The van der Waals surface area contributed by atoms with Crippen LogP contribution in [0, 0.1) is 0 Å². The molecule has 2 aromatic rings. The molecular formula is C9H12ClN7O. The molecule has 0 radical (unpaired) electrons. The zero-order chi connectivity index (χ0) is 13.1. The van der Waals surface area contributed by atoms with Gasteiger partial charge in [-0.05, 0) is 0 Å². The largest absolute Gasteiger partial charge is 0.368 e. The summed E-state index contributed by atoms with van der Waals surface area (Å²) in [6, 6.07) is 0. The molecule has 0 unspecified atom stereocenters. The molecule has 9 heteroatoms. The molecule has 96 valence electrons. The zero-order valence-corrected chi connectivity index (χ0v) is 10.4. The van der Waals surface area contributed by atoms with Crippen molar-refractivity contribution >= 4 is 40.3 Å². The highest BCUT2D eigenvalue weighted by Gasteiger charge is 2.11. The molecule has 0 spiro atoms. The number of hydrogen-bond donors (Lipinski definition) is 3. The van der Waals surface area contributed by atoms with E-state index < -0.39 is 0 Å². The number of hydrogen-bond acceptors (Lipinski definition) is 6. The van der Waals surface area contributed by atoms with Crippen molar-refractivity contribution < 1.29 is 4.79 Å². The summed E-state index contributed by atoms with van der Waals surface area (Å²) in [6.45, 7) is 1.90. The topological polar surface area (TPSA) is 111 Å². The van der Waals surface area contributed by atoms with Crippen LogP contribution in [-0.2, 0) is 11.3 Å². The van der Waals surface area contributed by atoms with E-state index in [0.717, 1.165) is 0 Å². The number of fused-ring (bicyclic) bond motifs is 1. The number of nitrogens with one attached hydrogen (secondary N) is 2. The van der Waals surface area contributed by atoms with Crippen LogP contribution in [0.2, 0.25) is 0 Å². The second-order valence-corrected chi connectivity index (χ2v) is 3.91. The standard InChI is InChI=1S/C9H12ClN7O/c1-5(18)15-16-7-6-4-12-17(3-2-10)8(6)14-9(11)13-7/h4H,2-3H2,1H3,(H,15,18)(H3,11,13,14,16). The van der Waals surface area contributed by atoms with E-state index in [9.17, 15) is 4.79 Å². The summed E-state index contributed by atoms with van der Waals surface area (Å²) in [5.74, 6) is 0.656. The van der Waals surface area contributed by atoms with Gasteiger partial charge in [0, 0.05) is 12.8 Å². The van der Waals surface area contributed by atoms with E-state index in [2.05, 4.69) is 25.9 Å². The molecule has 0 atom stereocenters. The average Bonchev–Trinajstić information content (AvgIpc) is 2.70. The number of hydrazine groups is 1. The van der Waals surface area contributed by atoms with Crippen LogP contribution in [0.3, 0.4) is 0 Å². The maximum Gasteiger partial charge on any atom is 0.235 e. The Morgan fingerprint density at radius 3 is 3.00 bits per heavy atom. The van der Waals surface area contributed by atoms with Gasteiger partial charge in [-0.25, -0.2) is 4.68 Å². The van der Waals surface area contributed by atoms with Crippen LogP contribution < -0.4 is 16.6 Å². The number of nitrogens with zero attached hydrogens (tertiary/aromatic N) is 4. The Kier molecular flexibility index (Phi) is 3.47. The molecule has 0 saturated carbocycles. The SMILES string of the molecule is CC(=O)NNc1nc(N)nc2c1cnn2CCCl. The molecular weight excluding hydrogens is 258 g/mol. The van der Waals surface area contributed by atoms with Crippen molar-refractivity contribution in [1.29, 1.82) is 0 Å². The van der Waals surface area contributed by atoms with Crippen molar-refractivity contribution in [3.63, 3.8) is 0 Å². The Morgan fingerprint density at radius 1 is 1.56 bits per heavy atom. The van der Waals surface area contributed by atoms with Gasteiger partial charge < -0.3 is 5.73 Å². The third kappa shape index (κ3) is 2.43. The molecule has 2 rings (SSSR count). The molecule has 0 fully saturated rings. The van der Waals surface area contributed by atoms with Crippen molar-refractivity contribution in [3.05, 3.63) is 6.20 Å². The highest BCUT2D eigenvalue weighted by molar-refractivity contribution is 6.17. The van der Waals surface area contributed by atoms with Gasteiger partial charge >= 0.3 is 0 Å². The van der Waals surface area contributed by atoms with E-state index >= 15 is 0 Å². The van der Waals surface area contributed by atoms with E-state index in [4.69, 9.17) is 17.3 Å². The number of halogens is 1. The number of carbonyl (C=O) groups excluding carboxylic acids is 1. The molecule has 0 saturated heterocycles. The van der Waals surface area contributed by atoms with Crippen molar-refractivity contribution in [3.8, 4) is 0 Å². The molecule has 0 aliphatic rings. The third-order valence-electron chi connectivity index (χ3n) is 2.17. The number of amides is 1. The molecule has 0 aromatic carbocycles. The minimum Gasteiger partial charge on any atom is -0.368 e. The van der Waals surface area contributed by atoms with Crippen LogP contribution in [0.25, 0.3) is 11.0 Å². The number of carbonyl (C=O) groups is 1. The van der Waals surface area contributed by atoms with E-state index in [0.29, 0.717) is 29.3 Å². The first-order valence-corrected chi connectivity index (χ1v) is 5.73. The summed E-state index contributed by atoms with van der Waals surface area (Å²) < 4.78 is 1.62. The van der Waals surface area contributed by atoms with E-state index in [1.54, 1.807) is 10.9 Å². The fraction of sp³-hybridized carbons (Fsp3) is 0.333. The lowest BCUT2D eigenvalue weighted by molar-refractivity contribution is -0.118. The van der Waals surface area contributed by atoms with E-state index in [1.807, 2.05) is 0 Å². The summed E-state index contributed by atoms with van der Waals surface area (Å²) >= 11 is 5.67. The third-order valence-corrected chi connectivity index (χ3v) is 2.34. The van der Waals surface area contributed by atoms with Crippen LogP contribution in [-0.4, -0.2) is 31.5 Å². The van der Waals surface area contributed by atoms with Crippen LogP contribution in [0.5, 0.6) is 0 Å². The maximum absolute atomic E-state index is 10.9. The van der Waals surface area contributed by atoms with Gasteiger partial charge in [-0.15, -0.1) is 11.6 Å². The first kappa shape index (κ1) is 12.4. The summed E-state index contributed by atoms with van der Waals surface area (Å²) in [6.07, 6.45) is 1.59. The van der Waals surface area contributed by atoms with Crippen molar-refractivity contribution in [1.82, 2.24) is 25.2 Å². The Hall–Kier alpha value is -2.09. The number of nitrogens with two attached hydrogens (primary N) is 1.